The second-order valence-corrected chi connectivity index (χ2v) is 8.14. The summed E-state index contributed by atoms with van der Waals surface area (Å²) in [4.78, 5) is 14.7. The second kappa shape index (κ2) is 7.65. The van der Waals surface area contributed by atoms with Crippen LogP contribution in [0.2, 0.25) is 0 Å². The first-order valence-corrected chi connectivity index (χ1v) is 9.76. The number of nitrogens with one attached hydrogen (secondary N) is 1. The van der Waals surface area contributed by atoms with Crippen LogP contribution in [0, 0.1) is 17.8 Å². The summed E-state index contributed by atoms with van der Waals surface area (Å²) in [6.45, 7) is 1.78. The van der Waals surface area contributed by atoms with Crippen LogP contribution < -0.4 is 5.32 Å². The van der Waals surface area contributed by atoms with Crippen LogP contribution in [0.3, 0.4) is 0 Å². The fourth-order valence-corrected chi connectivity index (χ4v) is 4.97. The highest BCUT2D eigenvalue weighted by Crippen LogP contribution is 2.47. The number of alkyl halides is 3. The third-order valence-corrected chi connectivity index (χ3v) is 6.24. The van der Waals surface area contributed by atoms with Crippen molar-refractivity contribution < 1.29 is 27.8 Å². The number of ether oxygens (including phenoxy) is 1. The molecule has 4 rings (SSSR count). The van der Waals surface area contributed by atoms with Crippen LogP contribution in [-0.4, -0.2) is 60.0 Å². The van der Waals surface area contributed by atoms with E-state index in [1.54, 1.807) is 0 Å². The van der Waals surface area contributed by atoms with Crippen molar-refractivity contribution in [3.63, 3.8) is 0 Å². The molecule has 0 saturated carbocycles. The number of amides is 1. The van der Waals surface area contributed by atoms with E-state index in [2.05, 4.69) is 22.3 Å². The fraction of sp³-hybridized carbons (Fsp3) is 0.650. The second-order valence-electron chi connectivity index (χ2n) is 8.14. The summed E-state index contributed by atoms with van der Waals surface area (Å²) in [6.07, 6.45) is -6.36. The third kappa shape index (κ3) is 4.04. The van der Waals surface area contributed by atoms with Gasteiger partial charge in [-0.05, 0) is 12.0 Å². The Morgan fingerprint density at radius 1 is 1.21 bits per heavy atom. The summed E-state index contributed by atoms with van der Waals surface area (Å²) in [6, 6.07) is 10.0. The number of likely N-dealkylation sites (tertiary alicyclic amines) is 1. The third-order valence-electron chi connectivity index (χ3n) is 6.24. The molecule has 3 aliphatic heterocycles. The number of fused-ring (bicyclic) bond motifs is 4. The van der Waals surface area contributed by atoms with Gasteiger partial charge in [-0.3, -0.25) is 9.69 Å². The van der Waals surface area contributed by atoms with Gasteiger partial charge in [-0.25, -0.2) is 0 Å². The van der Waals surface area contributed by atoms with Crippen LogP contribution in [0.5, 0.6) is 0 Å². The van der Waals surface area contributed by atoms with E-state index in [1.165, 1.54) is 5.56 Å². The highest BCUT2D eigenvalue weighted by atomic mass is 19.4. The first-order valence-electron chi connectivity index (χ1n) is 9.76. The minimum Gasteiger partial charge on any atom is -0.390 e. The molecule has 0 aromatic heterocycles. The Hall–Kier alpha value is -1.64. The Labute approximate surface area is 161 Å². The Morgan fingerprint density at radius 3 is 2.64 bits per heavy atom. The van der Waals surface area contributed by atoms with Crippen LogP contribution >= 0.6 is 0 Å². The maximum Gasteiger partial charge on any atom is 0.390 e. The smallest absolute Gasteiger partial charge is 0.390 e. The molecule has 3 aliphatic rings. The van der Waals surface area contributed by atoms with Crippen LogP contribution in [-0.2, 0) is 16.1 Å². The molecule has 28 heavy (non-hydrogen) atoms. The van der Waals surface area contributed by atoms with Crippen molar-refractivity contribution in [3.8, 4) is 0 Å². The lowest BCUT2D eigenvalue weighted by Gasteiger charge is -2.36. The van der Waals surface area contributed by atoms with Crippen LogP contribution in [0.25, 0.3) is 0 Å². The standard InChI is InChI=1S/C20H25F3N2O3/c21-20(22,23)6-7-24-19(27)13-8-16-17(26)14-10-25(11-15(14)18(13)28-16)9-12-4-2-1-3-5-12/h1-5,13-18,26H,6-11H2,(H,24,27)/t13?,14-,15+,16+,17+,18-/m1/s1. The summed E-state index contributed by atoms with van der Waals surface area (Å²) in [5.74, 6) is -0.859. The minimum atomic E-state index is -4.29. The Balaban J connectivity index is 1.40. The number of carbonyl (C=O) groups excluding carboxylic acids is 1. The largest absolute Gasteiger partial charge is 0.390 e. The molecule has 0 spiro atoms. The Kier molecular flexibility index (Phi) is 5.37. The van der Waals surface area contributed by atoms with E-state index in [9.17, 15) is 23.1 Å². The molecule has 3 heterocycles. The van der Waals surface area contributed by atoms with E-state index >= 15 is 0 Å². The van der Waals surface area contributed by atoms with Crippen molar-refractivity contribution in [2.45, 2.75) is 43.9 Å². The van der Waals surface area contributed by atoms with Gasteiger partial charge in [0.25, 0.3) is 0 Å². The van der Waals surface area contributed by atoms with E-state index in [0.29, 0.717) is 13.0 Å². The predicted octanol–water partition coefficient (Wildman–Crippen LogP) is 1.95. The maximum atomic E-state index is 12.5. The number of aliphatic hydroxyl groups excluding tert-OH is 1. The van der Waals surface area contributed by atoms with Crippen LogP contribution in [0.1, 0.15) is 18.4 Å². The zero-order valence-corrected chi connectivity index (χ0v) is 15.4. The first-order chi connectivity index (χ1) is 13.3. The summed E-state index contributed by atoms with van der Waals surface area (Å²) >= 11 is 0. The summed E-state index contributed by atoms with van der Waals surface area (Å²) in [5, 5.41) is 13.1. The van der Waals surface area contributed by atoms with Crippen LogP contribution in [0.4, 0.5) is 13.2 Å². The first kappa shape index (κ1) is 19.7. The van der Waals surface area contributed by atoms with Crippen molar-refractivity contribution in [2.75, 3.05) is 19.6 Å². The summed E-state index contributed by atoms with van der Waals surface area (Å²) < 4.78 is 42.9. The van der Waals surface area contributed by atoms with Crippen LogP contribution in [0.15, 0.2) is 30.3 Å². The topological polar surface area (TPSA) is 61.8 Å². The molecule has 1 amide bonds. The zero-order chi connectivity index (χ0) is 19.9. The van der Waals surface area contributed by atoms with Crippen molar-refractivity contribution in [2.24, 2.45) is 17.8 Å². The van der Waals surface area contributed by atoms with Gasteiger partial charge < -0.3 is 15.2 Å². The molecule has 2 N–H and O–H groups in total. The van der Waals surface area contributed by atoms with Gasteiger partial charge >= 0.3 is 6.18 Å². The number of halogens is 3. The van der Waals surface area contributed by atoms with Gasteiger partial charge in [-0.1, -0.05) is 30.3 Å². The van der Waals surface area contributed by atoms with Gasteiger partial charge in [0.15, 0.2) is 0 Å². The molecule has 3 fully saturated rings. The monoisotopic (exact) mass is 398 g/mol. The van der Waals surface area contributed by atoms with E-state index in [0.717, 1.165) is 13.1 Å². The highest BCUT2D eigenvalue weighted by Gasteiger charge is 2.57. The van der Waals surface area contributed by atoms with E-state index in [4.69, 9.17) is 4.74 Å². The normalized spacial score (nSPS) is 35.0. The molecule has 5 nitrogen and oxygen atoms in total. The average Bonchev–Trinajstić information content (AvgIpc) is 3.23. The zero-order valence-electron chi connectivity index (χ0n) is 15.4. The number of hydrogen-bond acceptors (Lipinski definition) is 4. The summed E-state index contributed by atoms with van der Waals surface area (Å²) in [7, 11) is 0. The number of aliphatic hydroxyl groups is 1. The number of nitrogens with zero attached hydrogens (tertiary/aromatic N) is 1. The minimum absolute atomic E-state index is 0.0100. The number of carbonyl (C=O) groups is 1. The molecule has 1 aromatic carbocycles. The predicted molar refractivity (Wildman–Crippen MR) is 95.2 cm³/mol. The van der Waals surface area contributed by atoms with Gasteiger partial charge in [-0.2, -0.15) is 13.2 Å². The maximum absolute atomic E-state index is 12.5. The lowest BCUT2D eigenvalue weighted by molar-refractivity contribution is -0.143. The van der Waals surface area contributed by atoms with Crippen molar-refractivity contribution in [1.82, 2.24) is 10.2 Å². The summed E-state index contributed by atoms with van der Waals surface area (Å²) in [5.41, 5.74) is 1.18. The van der Waals surface area contributed by atoms with Gasteiger partial charge in [0.1, 0.15) is 0 Å². The fourth-order valence-electron chi connectivity index (χ4n) is 4.97. The molecule has 154 valence electrons. The van der Waals surface area contributed by atoms with Crippen molar-refractivity contribution >= 4 is 5.91 Å². The van der Waals surface area contributed by atoms with E-state index in [1.807, 2.05) is 18.2 Å². The SMILES string of the molecule is O=C(NCCC(F)(F)F)C1C[C@@H]2O[C@H]1[C@H]1CN(Cc3ccccc3)C[C@H]1[C@@H]2O. The lowest BCUT2D eigenvalue weighted by Crippen LogP contribution is -2.47. The quantitative estimate of drug-likeness (QED) is 0.796. The molecule has 1 aromatic rings. The molecule has 0 aliphatic carbocycles. The molecule has 1 unspecified atom stereocenters. The highest BCUT2D eigenvalue weighted by molar-refractivity contribution is 5.79. The van der Waals surface area contributed by atoms with E-state index < -0.39 is 43.2 Å². The van der Waals surface area contributed by atoms with Crippen molar-refractivity contribution in [1.29, 1.82) is 0 Å². The van der Waals surface area contributed by atoms with E-state index in [-0.39, 0.29) is 17.9 Å². The van der Waals surface area contributed by atoms with Crippen molar-refractivity contribution in [3.05, 3.63) is 35.9 Å². The Bertz CT molecular complexity index is 700. The molecular weight excluding hydrogens is 373 g/mol. The molecule has 0 radical (unpaired) electrons. The lowest BCUT2D eigenvalue weighted by atomic mass is 9.83. The molecule has 6 atom stereocenters. The molecule has 8 heteroatoms. The number of benzene rings is 1. The van der Waals surface area contributed by atoms with Gasteiger partial charge in [-0.15, -0.1) is 0 Å². The van der Waals surface area contributed by atoms with Gasteiger partial charge in [0.2, 0.25) is 5.91 Å². The molecule has 2 bridgehead atoms. The Morgan fingerprint density at radius 2 is 1.93 bits per heavy atom. The average molecular weight is 398 g/mol. The van der Waals surface area contributed by atoms with Gasteiger partial charge in [0, 0.05) is 38.0 Å². The molecule has 3 saturated heterocycles. The number of hydrogen-bond donors (Lipinski definition) is 2. The molecular formula is C20H25F3N2O3. The number of rotatable bonds is 5. The van der Waals surface area contributed by atoms with Gasteiger partial charge in [0.05, 0.1) is 30.7 Å².